The van der Waals surface area contributed by atoms with Gasteiger partial charge in [-0.05, 0) is 123 Å². The molecule has 0 amide bonds. The van der Waals surface area contributed by atoms with Gasteiger partial charge in [0.05, 0.1) is 11.4 Å². The molecule has 0 spiro atoms. The Hall–Kier alpha value is -8.34. The van der Waals surface area contributed by atoms with Crippen LogP contribution in [0.5, 0.6) is 0 Å². The van der Waals surface area contributed by atoms with Crippen molar-refractivity contribution in [2.45, 2.75) is 0 Å². The summed E-state index contributed by atoms with van der Waals surface area (Å²) >= 11 is 0. The molecule has 13 aromatic rings. The second kappa shape index (κ2) is 13.6. The van der Waals surface area contributed by atoms with Gasteiger partial charge >= 0.3 is 0 Å². The van der Waals surface area contributed by atoms with Crippen molar-refractivity contribution in [3.63, 3.8) is 0 Å². The average molecular weight is 793 g/mol. The topological polar surface area (TPSA) is 32.8 Å². The van der Waals surface area contributed by atoms with Crippen LogP contribution in [0.15, 0.2) is 227 Å². The lowest BCUT2D eigenvalue weighted by Crippen LogP contribution is -2.10. The number of hydrogen-bond donors (Lipinski definition) is 0. The van der Waals surface area contributed by atoms with E-state index < -0.39 is 0 Å². The first kappa shape index (κ1) is 34.5. The number of fused-ring (bicyclic) bond motifs is 10. The predicted octanol–water partition coefficient (Wildman–Crippen LogP) is 17.0. The van der Waals surface area contributed by atoms with Gasteiger partial charge in [0, 0.05) is 61.1 Å². The monoisotopic (exact) mass is 792 g/mol. The molecule has 0 atom stereocenters. The van der Waals surface area contributed by atoms with E-state index in [1.54, 1.807) is 0 Å². The summed E-state index contributed by atoms with van der Waals surface area (Å²) in [5.74, 6) is 0. The van der Waals surface area contributed by atoms with Gasteiger partial charge < -0.3 is 18.6 Å². The van der Waals surface area contributed by atoms with Crippen LogP contribution in [0.2, 0.25) is 0 Å². The van der Waals surface area contributed by atoms with Crippen LogP contribution >= 0.6 is 0 Å². The Morgan fingerprint density at radius 2 is 0.629 bits per heavy atom. The molecule has 2 aromatic heterocycles. The molecule has 0 bridgehead atoms. The van der Waals surface area contributed by atoms with Gasteiger partial charge in [0.25, 0.3) is 0 Å². The summed E-state index contributed by atoms with van der Waals surface area (Å²) in [7, 11) is 0. The van der Waals surface area contributed by atoms with Crippen LogP contribution in [-0.4, -0.2) is 0 Å². The lowest BCUT2D eigenvalue weighted by atomic mass is 10.0. The van der Waals surface area contributed by atoms with E-state index in [-0.39, 0.29) is 0 Å². The molecule has 0 saturated heterocycles. The van der Waals surface area contributed by atoms with E-state index >= 15 is 0 Å². The van der Waals surface area contributed by atoms with Crippen LogP contribution in [0.4, 0.5) is 34.1 Å². The first-order valence-electron chi connectivity index (χ1n) is 21.1. The SMILES string of the molecule is c1ccc(N(c2ccc3cc4c(cc3c2)oc2cc3oc5cc6cc(N(c7ccccc7)c7cccc8ccccc78)ccc6cc5c3cc24)c2cccc3ccccc23)cc1. The smallest absolute Gasteiger partial charge is 0.139 e. The van der Waals surface area contributed by atoms with Gasteiger partial charge in [0.2, 0.25) is 0 Å². The Bertz CT molecular complexity index is 3620. The summed E-state index contributed by atoms with van der Waals surface area (Å²) in [5.41, 5.74) is 9.97. The minimum Gasteiger partial charge on any atom is -0.456 e. The quantitative estimate of drug-likeness (QED) is 0.168. The Morgan fingerprint density at radius 3 is 1.11 bits per heavy atom. The fraction of sp³-hybridized carbons (Fsp3) is 0. The Labute approximate surface area is 356 Å². The van der Waals surface area contributed by atoms with Crippen molar-refractivity contribution in [1.82, 2.24) is 0 Å². The Morgan fingerprint density at radius 1 is 0.226 bits per heavy atom. The Balaban J connectivity index is 0.917. The zero-order valence-corrected chi connectivity index (χ0v) is 33.5. The molecule has 0 fully saturated rings. The third kappa shape index (κ3) is 5.47. The van der Waals surface area contributed by atoms with Crippen molar-refractivity contribution in [2.75, 3.05) is 9.80 Å². The number of para-hydroxylation sites is 2. The van der Waals surface area contributed by atoms with E-state index in [4.69, 9.17) is 8.83 Å². The summed E-state index contributed by atoms with van der Waals surface area (Å²) < 4.78 is 13.3. The zero-order valence-electron chi connectivity index (χ0n) is 33.5. The molecule has 13 rings (SSSR count). The van der Waals surface area contributed by atoms with Crippen molar-refractivity contribution in [1.29, 1.82) is 0 Å². The summed E-state index contributed by atoms with van der Waals surface area (Å²) in [6.07, 6.45) is 0. The number of furan rings is 2. The summed E-state index contributed by atoms with van der Waals surface area (Å²) in [6.45, 7) is 0. The van der Waals surface area contributed by atoms with Gasteiger partial charge in [-0.3, -0.25) is 0 Å². The molecule has 62 heavy (non-hydrogen) atoms. The first-order chi connectivity index (χ1) is 30.7. The largest absolute Gasteiger partial charge is 0.456 e. The van der Waals surface area contributed by atoms with Crippen LogP contribution < -0.4 is 9.80 Å². The molecule has 0 radical (unpaired) electrons. The highest BCUT2D eigenvalue weighted by molar-refractivity contribution is 6.19. The molecule has 2 heterocycles. The lowest BCUT2D eigenvalue weighted by molar-refractivity contribution is 0.656. The van der Waals surface area contributed by atoms with E-state index in [2.05, 4.69) is 228 Å². The minimum atomic E-state index is 0.809. The summed E-state index contributed by atoms with van der Waals surface area (Å²) in [5, 5.41) is 13.7. The van der Waals surface area contributed by atoms with E-state index in [1.807, 2.05) is 0 Å². The fourth-order valence-electron chi connectivity index (χ4n) is 9.60. The predicted molar refractivity (Wildman–Crippen MR) is 260 cm³/mol. The number of nitrogens with zero attached hydrogens (tertiary/aromatic N) is 2. The summed E-state index contributed by atoms with van der Waals surface area (Å²) in [6, 6.07) is 78.0. The van der Waals surface area contributed by atoms with Crippen molar-refractivity contribution >= 4 is 121 Å². The molecular weight excluding hydrogens is 757 g/mol. The first-order valence-corrected chi connectivity index (χ1v) is 21.1. The highest BCUT2D eigenvalue weighted by atomic mass is 16.3. The van der Waals surface area contributed by atoms with E-state index in [9.17, 15) is 0 Å². The Kier molecular flexibility index (Phi) is 7.57. The average Bonchev–Trinajstić information content (AvgIpc) is 3.85. The van der Waals surface area contributed by atoms with Crippen molar-refractivity contribution in [3.8, 4) is 0 Å². The number of rotatable bonds is 6. The number of anilines is 6. The fourth-order valence-corrected chi connectivity index (χ4v) is 9.60. The third-order valence-corrected chi connectivity index (χ3v) is 12.5. The molecule has 0 aliphatic heterocycles. The van der Waals surface area contributed by atoms with Gasteiger partial charge in [0.15, 0.2) is 0 Å². The summed E-state index contributed by atoms with van der Waals surface area (Å²) in [4.78, 5) is 4.69. The zero-order chi connectivity index (χ0) is 40.7. The van der Waals surface area contributed by atoms with Crippen molar-refractivity contribution < 1.29 is 8.83 Å². The van der Waals surface area contributed by atoms with Gasteiger partial charge in [-0.15, -0.1) is 0 Å². The van der Waals surface area contributed by atoms with Gasteiger partial charge in [-0.2, -0.15) is 0 Å². The van der Waals surface area contributed by atoms with E-state index in [0.717, 1.165) is 99.5 Å². The highest BCUT2D eigenvalue weighted by Gasteiger charge is 2.20. The second-order valence-electron chi connectivity index (χ2n) is 16.1. The molecule has 0 unspecified atom stereocenters. The molecular formula is C58H36N2O2. The second-order valence-corrected chi connectivity index (χ2v) is 16.1. The minimum absolute atomic E-state index is 0.809. The van der Waals surface area contributed by atoms with Crippen LogP contribution in [0, 0.1) is 0 Å². The number of benzene rings is 11. The van der Waals surface area contributed by atoms with Crippen LogP contribution in [0.25, 0.3) is 87.0 Å². The van der Waals surface area contributed by atoms with Gasteiger partial charge in [0.1, 0.15) is 22.3 Å². The molecule has 0 aliphatic carbocycles. The molecule has 0 saturated carbocycles. The maximum Gasteiger partial charge on any atom is 0.139 e. The molecule has 0 aliphatic rings. The molecule has 4 nitrogen and oxygen atoms in total. The van der Waals surface area contributed by atoms with Crippen LogP contribution in [0.3, 0.4) is 0 Å². The van der Waals surface area contributed by atoms with Gasteiger partial charge in [-0.1, -0.05) is 121 Å². The molecule has 4 heteroatoms. The number of hydrogen-bond acceptors (Lipinski definition) is 4. The third-order valence-electron chi connectivity index (χ3n) is 12.5. The van der Waals surface area contributed by atoms with E-state index in [0.29, 0.717) is 0 Å². The normalized spacial score (nSPS) is 11.9. The van der Waals surface area contributed by atoms with Gasteiger partial charge in [-0.25, -0.2) is 0 Å². The van der Waals surface area contributed by atoms with Crippen LogP contribution in [0.1, 0.15) is 0 Å². The van der Waals surface area contributed by atoms with Crippen LogP contribution in [-0.2, 0) is 0 Å². The molecule has 290 valence electrons. The lowest BCUT2D eigenvalue weighted by Gasteiger charge is -2.27. The highest BCUT2D eigenvalue weighted by Crippen LogP contribution is 2.44. The molecule has 0 N–H and O–H groups in total. The molecule has 11 aromatic carbocycles. The standard InChI is InChI=1S/C58H36N2O2/c1-3-17-43(18-4-1)59(53-23-11-15-37-13-7-9-21-47(37)53)45-27-25-39-31-49-51-35-52-50-32-40-26-28-46(30-42(40)34-56(50)62-58(52)36-57(51)61-55(49)33-41(39)29-45)60(44-19-5-2-6-20-44)54-24-12-16-38-14-8-10-22-48(38)54/h1-36H. The van der Waals surface area contributed by atoms with E-state index in [1.165, 1.54) is 21.5 Å². The van der Waals surface area contributed by atoms with Crippen molar-refractivity contribution in [3.05, 3.63) is 218 Å². The maximum atomic E-state index is 6.65. The maximum absolute atomic E-state index is 6.65. The van der Waals surface area contributed by atoms with Crippen molar-refractivity contribution in [2.24, 2.45) is 0 Å².